The summed E-state index contributed by atoms with van der Waals surface area (Å²) < 4.78 is 0. The Labute approximate surface area is 110 Å². The van der Waals surface area contributed by atoms with E-state index in [1.807, 2.05) is 0 Å². The molecule has 0 aromatic carbocycles. The van der Waals surface area contributed by atoms with Crippen LogP contribution in [0.25, 0.3) is 0 Å². The van der Waals surface area contributed by atoms with Gasteiger partial charge in [-0.3, -0.25) is 0 Å². The smallest absolute Gasteiger partial charge is 0.00886 e. The largest absolute Gasteiger partial charge is 0.103 e. The highest BCUT2D eigenvalue weighted by Gasteiger charge is 1.94. The third-order valence-corrected chi connectivity index (χ3v) is 3.11. The van der Waals surface area contributed by atoms with E-state index in [9.17, 15) is 0 Å². The first-order chi connectivity index (χ1) is 8.27. The molecule has 0 unspecified atom stereocenters. The Morgan fingerprint density at radius 2 is 1.24 bits per heavy atom. The first-order valence-electron chi connectivity index (χ1n) is 7.73. The molecule has 0 saturated heterocycles. The Balaban J connectivity index is 3.05. The van der Waals surface area contributed by atoms with Crippen LogP contribution in [-0.2, 0) is 0 Å². The molecule has 0 atom stereocenters. The summed E-state index contributed by atoms with van der Waals surface area (Å²) in [6, 6.07) is 0. The molecule has 17 heavy (non-hydrogen) atoms. The molecule has 0 bridgehead atoms. The van der Waals surface area contributed by atoms with Gasteiger partial charge in [-0.05, 0) is 18.8 Å². The highest BCUT2D eigenvalue weighted by atomic mass is 14.0. The Bertz CT molecular complexity index is 192. The van der Waals surface area contributed by atoms with Crippen molar-refractivity contribution in [1.29, 1.82) is 0 Å². The maximum Gasteiger partial charge on any atom is 0.00886 e. The molecule has 0 aromatic rings. The van der Waals surface area contributed by atoms with Gasteiger partial charge in [0.1, 0.15) is 0 Å². The molecular formula is C17H32. The van der Waals surface area contributed by atoms with E-state index in [1.165, 1.54) is 57.8 Å². The average Bonchev–Trinajstić information content (AvgIpc) is 2.30. The van der Waals surface area contributed by atoms with Crippen LogP contribution in [-0.4, -0.2) is 0 Å². The lowest BCUT2D eigenvalue weighted by atomic mass is 10.0. The summed E-state index contributed by atoms with van der Waals surface area (Å²) in [6.07, 6.45) is 14.5. The maximum atomic E-state index is 3.29. The molecule has 0 saturated carbocycles. The Morgan fingerprint density at radius 3 is 1.82 bits per heavy atom. The van der Waals surface area contributed by atoms with Crippen molar-refractivity contribution < 1.29 is 0 Å². The van der Waals surface area contributed by atoms with Crippen LogP contribution in [0, 0.1) is 17.8 Å². The van der Waals surface area contributed by atoms with Crippen LogP contribution in [0.2, 0.25) is 0 Å². The highest BCUT2D eigenvalue weighted by molar-refractivity contribution is 4.98. The zero-order valence-electron chi connectivity index (χ0n) is 12.4. The minimum absolute atomic E-state index is 0.883. The quantitative estimate of drug-likeness (QED) is 0.324. The van der Waals surface area contributed by atoms with Gasteiger partial charge in [-0.15, -0.1) is 11.8 Å². The molecule has 0 aliphatic carbocycles. The predicted octanol–water partition coefficient (Wildman–Crippen LogP) is 5.96. The van der Waals surface area contributed by atoms with Crippen molar-refractivity contribution in [3.05, 3.63) is 0 Å². The van der Waals surface area contributed by atoms with Crippen LogP contribution < -0.4 is 0 Å². The van der Waals surface area contributed by atoms with Gasteiger partial charge < -0.3 is 0 Å². The normalized spacial score (nSPS) is 10.4. The summed E-state index contributed by atoms with van der Waals surface area (Å²) in [6.45, 7) is 6.86. The molecule has 0 spiro atoms. The summed E-state index contributed by atoms with van der Waals surface area (Å²) >= 11 is 0. The van der Waals surface area contributed by atoms with Gasteiger partial charge in [-0.1, -0.05) is 65.7 Å². The van der Waals surface area contributed by atoms with Gasteiger partial charge in [-0.25, -0.2) is 0 Å². The average molecular weight is 236 g/mol. The minimum Gasteiger partial charge on any atom is -0.103 e. The molecule has 0 fully saturated rings. The molecule has 100 valence electrons. The van der Waals surface area contributed by atoms with Gasteiger partial charge in [-0.2, -0.15) is 0 Å². The Hall–Kier alpha value is -0.440. The second-order valence-corrected chi connectivity index (χ2v) is 5.51. The Morgan fingerprint density at radius 1 is 0.706 bits per heavy atom. The molecule has 0 radical (unpaired) electrons. The van der Waals surface area contributed by atoms with Crippen LogP contribution in [0.5, 0.6) is 0 Å². The first-order valence-corrected chi connectivity index (χ1v) is 7.73. The summed E-state index contributed by atoms with van der Waals surface area (Å²) in [4.78, 5) is 0. The van der Waals surface area contributed by atoms with Gasteiger partial charge in [0.15, 0.2) is 0 Å². The molecule has 0 N–H and O–H groups in total. The van der Waals surface area contributed by atoms with Crippen molar-refractivity contribution in [2.24, 2.45) is 5.92 Å². The van der Waals surface area contributed by atoms with Crippen LogP contribution in [0.1, 0.15) is 91.4 Å². The molecule has 0 aliphatic heterocycles. The topological polar surface area (TPSA) is 0 Å². The van der Waals surface area contributed by atoms with Crippen LogP contribution >= 0.6 is 0 Å². The van der Waals surface area contributed by atoms with Crippen LogP contribution in [0.3, 0.4) is 0 Å². The fourth-order valence-corrected chi connectivity index (χ4v) is 1.92. The molecule has 0 nitrogen and oxygen atoms in total. The van der Waals surface area contributed by atoms with E-state index in [0.29, 0.717) is 0 Å². The summed E-state index contributed by atoms with van der Waals surface area (Å²) in [7, 11) is 0. The van der Waals surface area contributed by atoms with Crippen molar-refractivity contribution in [3.63, 3.8) is 0 Å². The van der Waals surface area contributed by atoms with Crippen molar-refractivity contribution in [3.8, 4) is 11.8 Å². The molecule has 0 aromatic heterocycles. The van der Waals surface area contributed by atoms with Gasteiger partial charge in [0.25, 0.3) is 0 Å². The zero-order chi connectivity index (χ0) is 12.8. The van der Waals surface area contributed by atoms with E-state index < -0.39 is 0 Å². The molecule has 0 aliphatic rings. The standard InChI is InChI=1S/C17H32/c1-4-5-6-7-8-9-10-11-12-13-14-15-16-17(2)3/h17H,4-6,9-16H2,1-3H3. The van der Waals surface area contributed by atoms with Crippen LogP contribution in [0.4, 0.5) is 0 Å². The lowest BCUT2D eigenvalue weighted by Crippen LogP contribution is -1.87. The summed E-state index contributed by atoms with van der Waals surface area (Å²) in [5, 5.41) is 0. The van der Waals surface area contributed by atoms with E-state index in [4.69, 9.17) is 0 Å². The molecule has 0 heteroatoms. The number of rotatable bonds is 10. The monoisotopic (exact) mass is 236 g/mol. The van der Waals surface area contributed by atoms with E-state index in [1.54, 1.807) is 0 Å². The van der Waals surface area contributed by atoms with Crippen LogP contribution in [0.15, 0.2) is 0 Å². The van der Waals surface area contributed by atoms with Gasteiger partial charge >= 0.3 is 0 Å². The van der Waals surface area contributed by atoms with Gasteiger partial charge in [0.05, 0.1) is 0 Å². The lowest BCUT2D eigenvalue weighted by Gasteiger charge is -2.03. The first kappa shape index (κ1) is 16.6. The minimum atomic E-state index is 0.883. The van der Waals surface area contributed by atoms with E-state index in [2.05, 4.69) is 32.6 Å². The zero-order valence-corrected chi connectivity index (χ0v) is 12.4. The fourth-order valence-electron chi connectivity index (χ4n) is 1.92. The van der Waals surface area contributed by atoms with E-state index >= 15 is 0 Å². The van der Waals surface area contributed by atoms with Crippen molar-refractivity contribution in [1.82, 2.24) is 0 Å². The third kappa shape index (κ3) is 15.6. The third-order valence-electron chi connectivity index (χ3n) is 3.11. The summed E-state index contributed by atoms with van der Waals surface area (Å²) in [5.74, 6) is 7.43. The summed E-state index contributed by atoms with van der Waals surface area (Å²) in [5.41, 5.74) is 0. The van der Waals surface area contributed by atoms with Gasteiger partial charge in [0.2, 0.25) is 0 Å². The maximum absolute atomic E-state index is 3.29. The van der Waals surface area contributed by atoms with Crippen molar-refractivity contribution in [2.75, 3.05) is 0 Å². The number of hydrogen-bond donors (Lipinski definition) is 0. The van der Waals surface area contributed by atoms with E-state index in [-0.39, 0.29) is 0 Å². The second-order valence-electron chi connectivity index (χ2n) is 5.51. The number of hydrogen-bond acceptors (Lipinski definition) is 0. The van der Waals surface area contributed by atoms with Crippen molar-refractivity contribution in [2.45, 2.75) is 91.4 Å². The molecule has 0 rings (SSSR count). The predicted molar refractivity (Wildman–Crippen MR) is 79.1 cm³/mol. The second kappa shape index (κ2) is 13.6. The SMILES string of the molecule is CCCCC#CCCCCCCCCC(C)C. The highest BCUT2D eigenvalue weighted by Crippen LogP contribution is 2.11. The van der Waals surface area contributed by atoms with Gasteiger partial charge in [0, 0.05) is 12.8 Å². The van der Waals surface area contributed by atoms with E-state index in [0.717, 1.165) is 18.8 Å². The molecule has 0 heterocycles. The number of unbranched alkanes of at least 4 members (excludes halogenated alkanes) is 8. The lowest BCUT2D eigenvalue weighted by molar-refractivity contribution is 0.512. The van der Waals surface area contributed by atoms with Crippen molar-refractivity contribution >= 4 is 0 Å². The Kier molecular flexibility index (Phi) is 13.3. The fraction of sp³-hybridized carbons (Fsp3) is 0.882. The molecule has 0 amide bonds. The molecular weight excluding hydrogens is 204 g/mol.